The van der Waals surface area contributed by atoms with Crippen molar-refractivity contribution in [3.8, 4) is 0 Å². The highest BCUT2D eigenvalue weighted by atomic mass is 31.2. The Hall–Kier alpha value is -3.30. The van der Waals surface area contributed by atoms with Gasteiger partial charge in [0.2, 0.25) is 0 Å². The van der Waals surface area contributed by atoms with Crippen molar-refractivity contribution in [1.82, 2.24) is 49.2 Å². The Labute approximate surface area is 244 Å². The van der Waals surface area contributed by atoms with Crippen molar-refractivity contribution in [2.45, 2.75) is 49.2 Å². The number of nitrogens with zero attached hydrogens (tertiary/aromatic N) is 8. The number of fused-ring (bicyclic) bond motifs is 4. The van der Waals surface area contributed by atoms with E-state index in [0.717, 1.165) is 12.7 Å². The van der Waals surface area contributed by atoms with Gasteiger partial charge in [-0.1, -0.05) is 0 Å². The van der Waals surface area contributed by atoms with Gasteiger partial charge in [0.05, 0.1) is 12.7 Å². The maximum Gasteiger partial charge on any atom is 0.403 e. The van der Waals surface area contributed by atoms with E-state index in [2.05, 4.69) is 40.1 Å². The van der Waals surface area contributed by atoms with Gasteiger partial charge in [-0.15, -0.1) is 0 Å². The predicted molar refractivity (Wildman–Crippen MR) is 142 cm³/mol. The molecule has 0 aliphatic carbocycles. The summed E-state index contributed by atoms with van der Waals surface area (Å²) in [6.45, 7) is -1.25. The number of hydrogen-bond acceptors (Lipinski definition) is 14. The number of hydrogen-bond donors (Lipinski definition) is 6. The molecular formula is C20H24F2N12O8P2. The average molecular weight is 660 g/mol. The molecule has 0 spiro atoms. The van der Waals surface area contributed by atoms with E-state index in [1.54, 1.807) is 0 Å². The van der Waals surface area contributed by atoms with E-state index >= 15 is 8.78 Å². The van der Waals surface area contributed by atoms with Crippen LogP contribution in [0.1, 0.15) is 12.5 Å². The largest absolute Gasteiger partial charge is 0.403 e. The molecule has 3 fully saturated rings. The lowest BCUT2D eigenvalue weighted by Crippen LogP contribution is -2.43. The summed E-state index contributed by atoms with van der Waals surface area (Å²) in [6, 6.07) is 0. The summed E-state index contributed by atoms with van der Waals surface area (Å²) in [5.41, 5.74) is 12.1. The van der Waals surface area contributed by atoms with Gasteiger partial charge < -0.3 is 30.7 Å². The van der Waals surface area contributed by atoms with Gasteiger partial charge in [0, 0.05) is 13.1 Å². The molecule has 8 N–H and O–H groups in total. The molecule has 0 aromatic carbocycles. The van der Waals surface area contributed by atoms with Gasteiger partial charge in [-0.05, 0) is 0 Å². The molecule has 4 aromatic heterocycles. The van der Waals surface area contributed by atoms with Crippen molar-refractivity contribution >= 4 is 49.5 Å². The first-order valence-corrected chi connectivity index (χ1v) is 16.1. The Morgan fingerprint density at radius 3 is 1.57 bits per heavy atom. The monoisotopic (exact) mass is 660 g/mol. The van der Waals surface area contributed by atoms with E-state index in [-0.39, 0.29) is 34.0 Å². The second kappa shape index (κ2) is 10.7. The number of nitrogens with two attached hydrogens (primary N) is 2. The third-order valence-corrected chi connectivity index (χ3v) is 9.59. The van der Waals surface area contributed by atoms with Crippen LogP contribution in [0.5, 0.6) is 0 Å². The van der Waals surface area contributed by atoms with E-state index < -0.39 is 77.8 Å². The minimum Gasteiger partial charge on any atom is -0.382 e. The average Bonchev–Trinajstić information content (AvgIpc) is 3.73. The fourth-order valence-electron chi connectivity index (χ4n) is 5.34. The van der Waals surface area contributed by atoms with Crippen LogP contribution in [-0.2, 0) is 27.7 Å². The van der Waals surface area contributed by atoms with Crippen molar-refractivity contribution in [2.24, 2.45) is 0 Å². The van der Waals surface area contributed by atoms with Gasteiger partial charge in [-0.3, -0.25) is 18.2 Å². The van der Waals surface area contributed by atoms with Crippen LogP contribution in [0.3, 0.4) is 0 Å². The number of nitrogen functional groups attached to an aromatic ring is 2. The molecule has 10 atom stereocenters. The van der Waals surface area contributed by atoms with Gasteiger partial charge in [0.1, 0.15) is 48.1 Å². The first-order chi connectivity index (χ1) is 20.9. The zero-order valence-corrected chi connectivity index (χ0v) is 23.9. The fourth-order valence-corrected chi connectivity index (χ4v) is 7.48. The van der Waals surface area contributed by atoms with E-state index in [1.807, 2.05) is 0 Å². The predicted octanol–water partition coefficient (Wildman–Crippen LogP) is -0.534. The topological polar surface area (TPSA) is 275 Å². The number of aromatic nitrogens is 8. The summed E-state index contributed by atoms with van der Waals surface area (Å²) in [5.74, 6) is 0.0441. The molecule has 0 saturated carbocycles. The van der Waals surface area contributed by atoms with Crippen LogP contribution in [0.4, 0.5) is 20.4 Å². The van der Waals surface area contributed by atoms with Crippen molar-refractivity contribution in [1.29, 1.82) is 0 Å². The molecule has 0 amide bonds. The number of ether oxygens (including phenoxy) is 2. The number of halogens is 2. The maximum absolute atomic E-state index is 15.9. The summed E-state index contributed by atoms with van der Waals surface area (Å²) in [6.07, 6.45) is -8.96. The van der Waals surface area contributed by atoms with Crippen molar-refractivity contribution in [3.63, 3.8) is 0 Å². The fraction of sp³-hybridized carbons (Fsp3) is 0.500. The van der Waals surface area contributed by atoms with Gasteiger partial charge >= 0.3 is 15.5 Å². The number of anilines is 2. The molecule has 4 aromatic rings. The standard InChI is InChI=1S/C20H24F2N12O8P2/c21-9-13-7(39-19(9)33-5-29-11-15(23)25-3-27-17(11)33)1-31-43(35,36)42-14-8(2-32-44(37,38)41-13)40-20(10(14)22)34-6-30-12-16(24)26-4-28-18(12)34/h3-10,13-14,19-20H,1-2H2,(H2,23,25,27)(H2,24,26,28)(H2,31,35,36)(H2,32,37,38)/t7-,8-,9?,10?,13?,14?,19-,20-/m1/s1. The molecule has 3 aliphatic rings. The van der Waals surface area contributed by atoms with E-state index in [0.29, 0.717) is 0 Å². The first kappa shape index (κ1) is 29.4. The first-order valence-electron chi connectivity index (χ1n) is 12.9. The van der Waals surface area contributed by atoms with Gasteiger partial charge in [0.15, 0.2) is 47.7 Å². The summed E-state index contributed by atoms with van der Waals surface area (Å²) in [4.78, 5) is 45.1. The highest BCUT2D eigenvalue weighted by Crippen LogP contribution is 2.50. The third-order valence-electron chi connectivity index (χ3n) is 7.37. The van der Waals surface area contributed by atoms with Crippen molar-refractivity contribution < 1.29 is 46.2 Å². The zero-order chi connectivity index (χ0) is 31.0. The zero-order valence-electron chi connectivity index (χ0n) is 22.1. The Balaban J connectivity index is 1.17. The minimum atomic E-state index is -4.85. The normalized spacial score (nSPS) is 38.3. The Morgan fingerprint density at radius 2 is 1.16 bits per heavy atom. The molecule has 20 nitrogen and oxygen atoms in total. The number of imidazole rings is 2. The molecule has 3 saturated heterocycles. The van der Waals surface area contributed by atoms with Crippen molar-refractivity contribution in [2.75, 3.05) is 24.6 Å². The van der Waals surface area contributed by atoms with Crippen LogP contribution in [0.25, 0.3) is 22.3 Å². The van der Waals surface area contributed by atoms with Crippen LogP contribution in [-0.4, -0.2) is 98.7 Å². The molecule has 236 valence electrons. The lowest BCUT2D eigenvalue weighted by Gasteiger charge is -2.28. The maximum atomic E-state index is 15.9. The number of rotatable bonds is 2. The molecule has 3 aliphatic heterocycles. The Bertz CT molecular complexity index is 1700. The number of nitrogens with one attached hydrogen (secondary N) is 2. The summed E-state index contributed by atoms with van der Waals surface area (Å²) in [5, 5.41) is 4.41. The van der Waals surface area contributed by atoms with Crippen molar-refractivity contribution in [3.05, 3.63) is 25.3 Å². The van der Waals surface area contributed by atoms with Crippen LogP contribution in [0.15, 0.2) is 25.3 Å². The summed E-state index contributed by atoms with van der Waals surface area (Å²) in [7, 11) is -9.69. The SMILES string of the molecule is Nc1ncnc2c1ncn2[C@@H]1O[C@@H]2CNP(=O)(O)OC3C(F)[C@H](n4cnc5c(N)ncnc54)O[C@@H]3CNP(=O)(O)OC2C1F. The number of alkyl halides is 2. The van der Waals surface area contributed by atoms with Gasteiger partial charge in [-0.2, -0.15) is 0 Å². The molecule has 0 bridgehead atoms. The molecule has 6 unspecified atom stereocenters. The van der Waals surface area contributed by atoms with Crippen LogP contribution < -0.4 is 21.6 Å². The van der Waals surface area contributed by atoms with Crippen LogP contribution in [0.2, 0.25) is 0 Å². The molecular weight excluding hydrogens is 636 g/mol. The minimum absolute atomic E-state index is 0.0220. The molecule has 7 rings (SSSR count). The second-order valence-corrected chi connectivity index (χ2v) is 13.2. The lowest BCUT2D eigenvalue weighted by molar-refractivity contribution is -0.0243. The Kier molecular flexibility index (Phi) is 7.12. The van der Waals surface area contributed by atoms with Gasteiger partial charge in [0.25, 0.3) is 0 Å². The highest BCUT2D eigenvalue weighted by Gasteiger charge is 2.54. The van der Waals surface area contributed by atoms with E-state index in [1.165, 1.54) is 21.8 Å². The van der Waals surface area contributed by atoms with Crippen LogP contribution >= 0.6 is 15.5 Å². The second-order valence-electron chi connectivity index (χ2n) is 10.1. The van der Waals surface area contributed by atoms with E-state index in [4.69, 9.17) is 30.0 Å². The lowest BCUT2D eigenvalue weighted by atomic mass is 10.1. The smallest absolute Gasteiger partial charge is 0.382 e. The molecule has 0 radical (unpaired) electrons. The van der Waals surface area contributed by atoms with E-state index in [9.17, 15) is 18.9 Å². The summed E-state index contributed by atoms with van der Waals surface area (Å²) >= 11 is 0. The Morgan fingerprint density at radius 1 is 0.750 bits per heavy atom. The third kappa shape index (κ3) is 5.02. The van der Waals surface area contributed by atoms with Crippen LogP contribution in [0, 0.1) is 0 Å². The van der Waals surface area contributed by atoms with Gasteiger partial charge in [-0.25, -0.2) is 58.0 Å². The molecule has 7 heterocycles. The highest BCUT2D eigenvalue weighted by molar-refractivity contribution is 7.50. The quantitative estimate of drug-likeness (QED) is 0.147. The summed E-state index contributed by atoms with van der Waals surface area (Å²) < 4.78 is 82.5. The molecule has 44 heavy (non-hydrogen) atoms. The molecule has 24 heteroatoms.